The molecule has 2 rings (SSSR count). The van der Waals surface area contributed by atoms with Crippen molar-refractivity contribution in [3.63, 3.8) is 0 Å². The summed E-state index contributed by atoms with van der Waals surface area (Å²) in [6, 6.07) is 9.59. The van der Waals surface area contributed by atoms with Crippen LogP contribution in [0.15, 0.2) is 34.8 Å². The van der Waals surface area contributed by atoms with Gasteiger partial charge >= 0.3 is 5.97 Å². The topological polar surface area (TPSA) is 50.4 Å². The maximum atomic E-state index is 11.8. The lowest BCUT2D eigenvalue weighted by molar-refractivity contribution is 0.0531. The van der Waals surface area contributed by atoms with Crippen LogP contribution in [0.3, 0.4) is 0 Å². The minimum Gasteiger partial charge on any atom is -0.462 e. The van der Waals surface area contributed by atoms with E-state index in [0.29, 0.717) is 16.6 Å². The zero-order valence-electron chi connectivity index (χ0n) is 12.1. The summed E-state index contributed by atoms with van der Waals surface area (Å²) in [5, 5.41) is 7.45. The summed E-state index contributed by atoms with van der Waals surface area (Å²) in [6.45, 7) is 4.03. The van der Waals surface area contributed by atoms with Crippen molar-refractivity contribution in [2.24, 2.45) is 0 Å². The van der Waals surface area contributed by atoms with Crippen LogP contribution in [-0.4, -0.2) is 17.7 Å². The van der Waals surface area contributed by atoms with Crippen LogP contribution in [0, 0.1) is 6.92 Å². The molecular formula is C15H15BrN2O2S2. The van der Waals surface area contributed by atoms with Crippen LogP contribution in [0.5, 0.6) is 0 Å². The van der Waals surface area contributed by atoms with Crippen LogP contribution in [0.1, 0.15) is 22.2 Å². The van der Waals surface area contributed by atoms with Gasteiger partial charge in [-0.3, -0.25) is 0 Å². The highest BCUT2D eigenvalue weighted by atomic mass is 79.9. The van der Waals surface area contributed by atoms with E-state index in [4.69, 9.17) is 17.0 Å². The molecule has 22 heavy (non-hydrogen) atoms. The van der Waals surface area contributed by atoms with Gasteiger partial charge in [0.1, 0.15) is 4.88 Å². The molecule has 0 amide bonds. The Kier molecular flexibility index (Phi) is 5.93. The van der Waals surface area contributed by atoms with Gasteiger partial charge in [0.05, 0.1) is 11.6 Å². The Bertz CT molecular complexity index is 701. The molecule has 116 valence electrons. The van der Waals surface area contributed by atoms with Crippen molar-refractivity contribution >= 4 is 61.3 Å². The molecule has 1 heterocycles. The van der Waals surface area contributed by atoms with Gasteiger partial charge in [0.15, 0.2) is 5.11 Å². The fourth-order valence-corrected chi connectivity index (χ4v) is 3.45. The highest BCUT2D eigenvalue weighted by molar-refractivity contribution is 9.10. The van der Waals surface area contributed by atoms with E-state index in [0.717, 1.165) is 20.7 Å². The SMILES string of the molecule is CCOC(=O)c1sc(NC(=S)Nc2cccc(Br)c2)cc1C. The second kappa shape index (κ2) is 7.71. The lowest BCUT2D eigenvalue weighted by Gasteiger charge is -2.09. The van der Waals surface area contributed by atoms with E-state index in [9.17, 15) is 4.79 Å². The lowest BCUT2D eigenvalue weighted by atomic mass is 10.3. The van der Waals surface area contributed by atoms with Crippen molar-refractivity contribution in [1.29, 1.82) is 0 Å². The number of nitrogens with one attached hydrogen (secondary N) is 2. The fourth-order valence-electron chi connectivity index (χ4n) is 1.78. The molecule has 0 fully saturated rings. The monoisotopic (exact) mass is 398 g/mol. The first-order valence-corrected chi connectivity index (χ1v) is 8.62. The van der Waals surface area contributed by atoms with Crippen molar-refractivity contribution in [3.05, 3.63) is 45.2 Å². The first-order valence-electron chi connectivity index (χ1n) is 6.60. The number of rotatable bonds is 4. The molecule has 0 radical (unpaired) electrons. The number of benzene rings is 1. The zero-order chi connectivity index (χ0) is 16.1. The highest BCUT2D eigenvalue weighted by Gasteiger charge is 2.15. The number of anilines is 2. The number of hydrogen-bond acceptors (Lipinski definition) is 4. The number of ether oxygens (including phenoxy) is 1. The van der Waals surface area contributed by atoms with Crippen LogP contribution in [0.25, 0.3) is 0 Å². The van der Waals surface area contributed by atoms with Crippen molar-refractivity contribution in [3.8, 4) is 0 Å². The molecule has 4 nitrogen and oxygen atoms in total. The Morgan fingerprint density at radius 3 is 2.82 bits per heavy atom. The minimum atomic E-state index is -0.302. The third kappa shape index (κ3) is 4.53. The Labute approximate surface area is 147 Å². The number of aryl methyl sites for hydroxylation is 1. The van der Waals surface area contributed by atoms with E-state index in [1.54, 1.807) is 6.92 Å². The molecule has 0 bridgehead atoms. The van der Waals surface area contributed by atoms with E-state index >= 15 is 0 Å². The van der Waals surface area contributed by atoms with Gasteiger partial charge in [-0.05, 0) is 55.9 Å². The molecule has 0 saturated heterocycles. The third-order valence-electron chi connectivity index (χ3n) is 2.70. The Morgan fingerprint density at radius 2 is 2.14 bits per heavy atom. The molecule has 0 saturated carbocycles. The summed E-state index contributed by atoms with van der Waals surface area (Å²) >= 11 is 10.0. The number of carbonyl (C=O) groups excluding carboxylic acids is 1. The fraction of sp³-hybridized carbons (Fsp3) is 0.200. The number of halogens is 1. The first-order chi connectivity index (χ1) is 10.5. The van der Waals surface area contributed by atoms with E-state index in [1.165, 1.54) is 11.3 Å². The third-order valence-corrected chi connectivity index (χ3v) is 4.53. The molecule has 0 aliphatic rings. The molecule has 0 aliphatic carbocycles. The second-order valence-electron chi connectivity index (χ2n) is 4.43. The Balaban J connectivity index is 2.03. The van der Waals surface area contributed by atoms with Crippen molar-refractivity contribution < 1.29 is 9.53 Å². The number of hydrogen-bond donors (Lipinski definition) is 2. The van der Waals surface area contributed by atoms with Gasteiger partial charge in [-0.15, -0.1) is 11.3 Å². The largest absolute Gasteiger partial charge is 0.462 e. The number of carbonyl (C=O) groups is 1. The number of thiophene rings is 1. The predicted octanol–water partition coefficient (Wildman–Crippen LogP) is 4.80. The van der Waals surface area contributed by atoms with E-state index in [-0.39, 0.29) is 5.97 Å². The van der Waals surface area contributed by atoms with Crippen LogP contribution in [0.4, 0.5) is 10.7 Å². The van der Waals surface area contributed by atoms with Crippen molar-refractivity contribution in [2.45, 2.75) is 13.8 Å². The van der Waals surface area contributed by atoms with Crippen molar-refractivity contribution in [1.82, 2.24) is 0 Å². The Morgan fingerprint density at radius 1 is 1.36 bits per heavy atom. The van der Waals surface area contributed by atoms with E-state index < -0.39 is 0 Å². The number of esters is 1. The summed E-state index contributed by atoms with van der Waals surface area (Å²) in [4.78, 5) is 12.4. The zero-order valence-corrected chi connectivity index (χ0v) is 15.3. The second-order valence-corrected chi connectivity index (χ2v) is 6.81. The maximum absolute atomic E-state index is 11.8. The molecule has 1 aromatic carbocycles. The summed E-state index contributed by atoms with van der Waals surface area (Å²) in [7, 11) is 0. The van der Waals surface area contributed by atoms with Gasteiger partial charge < -0.3 is 15.4 Å². The molecule has 0 aliphatic heterocycles. The summed E-state index contributed by atoms with van der Waals surface area (Å²) in [5.74, 6) is -0.302. The van der Waals surface area contributed by atoms with Gasteiger partial charge in [0, 0.05) is 10.2 Å². The van der Waals surface area contributed by atoms with Crippen LogP contribution >= 0.6 is 39.5 Å². The predicted molar refractivity (Wildman–Crippen MR) is 99.0 cm³/mol. The average molecular weight is 399 g/mol. The number of thiocarbonyl (C=S) groups is 1. The lowest BCUT2D eigenvalue weighted by Crippen LogP contribution is -2.18. The van der Waals surface area contributed by atoms with E-state index in [2.05, 4.69) is 26.6 Å². The molecule has 0 unspecified atom stereocenters. The van der Waals surface area contributed by atoms with Gasteiger partial charge in [-0.25, -0.2) is 4.79 Å². The summed E-state index contributed by atoms with van der Waals surface area (Å²) in [5.41, 5.74) is 1.75. The van der Waals surface area contributed by atoms with E-state index in [1.807, 2.05) is 37.3 Å². The van der Waals surface area contributed by atoms with Crippen molar-refractivity contribution in [2.75, 3.05) is 17.2 Å². The standard InChI is InChI=1S/C15H15BrN2O2S2/c1-3-20-14(19)13-9(2)7-12(22-13)18-15(21)17-11-6-4-5-10(16)8-11/h4-8H,3H2,1-2H3,(H2,17,18,21). The normalized spacial score (nSPS) is 10.1. The molecule has 0 spiro atoms. The summed E-state index contributed by atoms with van der Waals surface area (Å²) in [6.07, 6.45) is 0. The molecule has 2 N–H and O–H groups in total. The molecule has 1 aromatic heterocycles. The van der Waals surface area contributed by atoms with Gasteiger partial charge in [0.25, 0.3) is 0 Å². The maximum Gasteiger partial charge on any atom is 0.348 e. The van der Waals surface area contributed by atoms with Crippen LogP contribution in [-0.2, 0) is 4.74 Å². The van der Waals surface area contributed by atoms with Crippen LogP contribution in [0.2, 0.25) is 0 Å². The quantitative estimate of drug-likeness (QED) is 0.571. The summed E-state index contributed by atoms with van der Waals surface area (Å²) < 4.78 is 6.00. The highest BCUT2D eigenvalue weighted by Crippen LogP contribution is 2.27. The first kappa shape index (κ1) is 16.9. The van der Waals surface area contributed by atoms with Crippen LogP contribution < -0.4 is 10.6 Å². The van der Waals surface area contributed by atoms with Gasteiger partial charge in [-0.2, -0.15) is 0 Å². The molecule has 0 atom stereocenters. The van der Waals surface area contributed by atoms with Gasteiger partial charge in [-0.1, -0.05) is 22.0 Å². The Hall–Kier alpha value is -1.44. The molecule has 7 heteroatoms. The minimum absolute atomic E-state index is 0.302. The van der Waals surface area contributed by atoms with Gasteiger partial charge in [0.2, 0.25) is 0 Å². The smallest absolute Gasteiger partial charge is 0.348 e. The average Bonchev–Trinajstić information content (AvgIpc) is 2.79. The molecule has 2 aromatic rings. The molecular weight excluding hydrogens is 384 g/mol.